The lowest BCUT2D eigenvalue weighted by Crippen LogP contribution is -2.35. The minimum atomic E-state index is -3.24. The fourth-order valence-electron chi connectivity index (χ4n) is 4.17. The first-order chi connectivity index (χ1) is 14.9. The average Bonchev–Trinajstić information content (AvgIpc) is 2.78. The molecule has 1 heterocycles. The summed E-state index contributed by atoms with van der Waals surface area (Å²) in [5.41, 5.74) is 4.94. The maximum Gasteiger partial charge on any atom is 0.225 e. The molecule has 0 aliphatic carbocycles. The van der Waals surface area contributed by atoms with Crippen LogP contribution in [0.3, 0.4) is 0 Å². The second kappa shape index (κ2) is 9.04. The molecule has 1 amide bonds. The number of nitrogens with one attached hydrogen (secondary N) is 1. The third-order valence-corrected chi connectivity index (χ3v) is 7.02. The van der Waals surface area contributed by atoms with Gasteiger partial charge in [-0.15, -0.1) is 0 Å². The molecule has 160 valence electrons. The smallest absolute Gasteiger partial charge is 0.225 e. The summed E-state index contributed by atoms with van der Waals surface area (Å²) in [7, 11) is -3.24. The number of benzene rings is 3. The summed E-state index contributed by atoms with van der Waals surface area (Å²) in [5.74, 6) is -0.0979. The molecule has 0 saturated heterocycles. The van der Waals surface area contributed by atoms with Gasteiger partial charge in [-0.05, 0) is 34.7 Å². The van der Waals surface area contributed by atoms with Crippen molar-refractivity contribution < 1.29 is 13.2 Å². The number of carbonyl (C=O) groups is 1. The topological polar surface area (TPSA) is 66.5 Å². The third kappa shape index (κ3) is 5.03. The lowest BCUT2D eigenvalue weighted by Gasteiger charge is -2.28. The van der Waals surface area contributed by atoms with Crippen LogP contribution in [-0.2, 0) is 27.8 Å². The maximum absolute atomic E-state index is 13.1. The highest BCUT2D eigenvalue weighted by Gasteiger charge is 2.25. The van der Waals surface area contributed by atoms with Gasteiger partial charge in [0.2, 0.25) is 15.9 Å². The number of carbonyl (C=O) groups excluding carboxylic acids is 1. The van der Waals surface area contributed by atoms with E-state index < -0.39 is 10.0 Å². The highest BCUT2D eigenvalue weighted by Crippen LogP contribution is 2.30. The number of hydrogen-bond donors (Lipinski definition) is 1. The molecule has 0 atom stereocenters. The van der Waals surface area contributed by atoms with E-state index in [0.717, 1.165) is 27.9 Å². The van der Waals surface area contributed by atoms with Gasteiger partial charge < -0.3 is 5.32 Å². The van der Waals surface area contributed by atoms with E-state index in [1.54, 1.807) is 0 Å². The van der Waals surface area contributed by atoms with Crippen molar-refractivity contribution in [1.82, 2.24) is 4.31 Å². The zero-order chi connectivity index (χ0) is 21.8. The van der Waals surface area contributed by atoms with E-state index in [1.807, 2.05) is 54.6 Å². The van der Waals surface area contributed by atoms with E-state index in [2.05, 4.69) is 29.6 Å². The molecule has 0 radical (unpaired) electrons. The quantitative estimate of drug-likeness (QED) is 0.633. The summed E-state index contributed by atoms with van der Waals surface area (Å²) in [6.07, 6.45) is 2.14. The molecule has 0 spiro atoms. The summed E-state index contributed by atoms with van der Waals surface area (Å²) >= 11 is 0. The Kier molecular flexibility index (Phi) is 6.20. The molecule has 1 aliphatic rings. The fourth-order valence-corrected chi connectivity index (χ4v) is 4.97. The van der Waals surface area contributed by atoms with E-state index in [9.17, 15) is 13.2 Å². The van der Waals surface area contributed by atoms with Crippen molar-refractivity contribution in [2.75, 3.05) is 18.1 Å². The van der Waals surface area contributed by atoms with Gasteiger partial charge in [0.25, 0.3) is 0 Å². The van der Waals surface area contributed by atoms with Crippen LogP contribution in [0.15, 0.2) is 78.9 Å². The zero-order valence-electron chi connectivity index (χ0n) is 17.5. The second-order valence-electron chi connectivity index (χ2n) is 7.92. The summed E-state index contributed by atoms with van der Waals surface area (Å²) < 4.78 is 25.3. The molecular weight excluding hydrogens is 408 g/mol. The van der Waals surface area contributed by atoms with E-state index in [4.69, 9.17) is 0 Å². The Hall–Kier alpha value is -2.96. The standard InChI is InChI=1S/C25H26N2O3S/c1-31(29,30)27-16-15-22-21(18-27)13-8-14-24(22)26-25(28)17-23(19-9-4-2-5-10-19)20-11-6-3-7-12-20/h2-14,23H,15-18H2,1H3,(H,26,28). The van der Waals surface area contributed by atoms with Gasteiger partial charge in [0.15, 0.2) is 0 Å². The van der Waals surface area contributed by atoms with Gasteiger partial charge in [0.05, 0.1) is 6.26 Å². The Balaban J connectivity index is 1.55. The number of anilines is 1. The van der Waals surface area contributed by atoms with Crippen molar-refractivity contribution in [2.24, 2.45) is 0 Å². The van der Waals surface area contributed by atoms with Crippen LogP contribution >= 0.6 is 0 Å². The number of rotatable bonds is 6. The molecule has 0 bridgehead atoms. The second-order valence-corrected chi connectivity index (χ2v) is 9.90. The first-order valence-corrected chi connectivity index (χ1v) is 12.2. The van der Waals surface area contributed by atoms with Crippen LogP contribution in [-0.4, -0.2) is 31.4 Å². The highest BCUT2D eigenvalue weighted by atomic mass is 32.2. The molecule has 0 fully saturated rings. The van der Waals surface area contributed by atoms with Crippen molar-refractivity contribution in [3.05, 3.63) is 101 Å². The predicted molar refractivity (Wildman–Crippen MR) is 123 cm³/mol. The van der Waals surface area contributed by atoms with Crippen molar-refractivity contribution in [3.63, 3.8) is 0 Å². The molecule has 1 N–H and O–H groups in total. The highest BCUT2D eigenvalue weighted by molar-refractivity contribution is 7.88. The Bertz CT molecular complexity index is 1120. The van der Waals surface area contributed by atoms with Gasteiger partial charge in [-0.2, -0.15) is 4.31 Å². The summed E-state index contributed by atoms with van der Waals surface area (Å²) in [5, 5.41) is 3.09. The van der Waals surface area contributed by atoms with Gasteiger partial charge in [0.1, 0.15) is 0 Å². The maximum atomic E-state index is 13.1. The predicted octanol–water partition coefficient (Wildman–Crippen LogP) is 4.17. The van der Waals surface area contributed by atoms with E-state index in [1.165, 1.54) is 10.6 Å². The van der Waals surface area contributed by atoms with Crippen LogP contribution in [0.4, 0.5) is 5.69 Å². The van der Waals surface area contributed by atoms with Gasteiger partial charge in [-0.3, -0.25) is 4.79 Å². The minimum absolute atomic E-state index is 0.0392. The SMILES string of the molecule is CS(=O)(=O)N1CCc2c(cccc2NC(=O)CC(c2ccccc2)c2ccccc2)C1. The molecule has 0 unspecified atom stereocenters. The molecule has 3 aromatic rings. The number of nitrogens with zero attached hydrogens (tertiary/aromatic N) is 1. The van der Waals surface area contributed by atoms with Gasteiger partial charge in [0, 0.05) is 31.1 Å². The van der Waals surface area contributed by atoms with Crippen LogP contribution in [0, 0.1) is 0 Å². The lowest BCUT2D eigenvalue weighted by atomic mass is 9.88. The zero-order valence-corrected chi connectivity index (χ0v) is 18.3. The van der Waals surface area contributed by atoms with Crippen molar-refractivity contribution in [1.29, 1.82) is 0 Å². The van der Waals surface area contributed by atoms with Gasteiger partial charge in [-0.25, -0.2) is 8.42 Å². The van der Waals surface area contributed by atoms with Crippen molar-refractivity contribution in [2.45, 2.75) is 25.3 Å². The monoisotopic (exact) mass is 434 g/mol. The molecule has 0 aromatic heterocycles. The molecule has 6 heteroatoms. The summed E-state index contributed by atoms with van der Waals surface area (Å²) in [4.78, 5) is 13.1. The van der Waals surface area contributed by atoms with E-state index in [0.29, 0.717) is 25.9 Å². The Morgan fingerprint density at radius 2 is 1.55 bits per heavy atom. The van der Waals surface area contributed by atoms with Crippen molar-refractivity contribution in [3.8, 4) is 0 Å². The summed E-state index contributed by atoms with van der Waals surface area (Å²) in [6.45, 7) is 0.768. The van der Waals surface area contributed by atoms with Crippen molar-refractivity contribution >= 4 is 21.6 Å². The van der Waals surface area contributed by atoms with E-state index in [-0.39, 0.29) is 11.8 Å². The normalized spacial score (nSPS) is 14.3. The molecular formula is C25H26N2O3S. The van der Waals surface area contributed by atoms with Crippen LogP contribution in [0.5, 0.6) is 0 Å². The molecule has 31 heavy (non-hydrogen) atoms. The van der Waals surface area contributed by atoms with Crippen LogP contribution in [0.25, 0.3) is 0 Å². The molecule has 4 rings (SSSR count). The molecule has 0 saturated carbocycles. The minimum Gasteiger partial charge on any atom is -0.326 e. The Morgan fingerprint density at radius 1 is 0.935 bits per heavy atom. The van der Waals surface area contributed by atoms with Crippen LogP contribution < -0.4 is 5.32 Å². The third-order valence-electron chi connectivity index (χ3n) is 5.77. The number of fused-ring (bicyclic) bond motifs is 1. The first kappa shape index (κ1) is 21.3. The first-order valence-electron chi connectivity index (χ1n) is 10.4. The van der Waals surface area contributed by atoms with Crippen LogP contribution in [0.1, 0.15) is 34.6 Å². The average molecular weight is 435 g/mol. The van der Waals surface area contributed by atoms with Gasteiger partial charge >= 0.3 is 0 Å². The summed E-state index contributed by atoms with van der Waals surface area (Å²) in [6, 6.07) is 25.8. The van der Waals surface area contributed by atoms with E-state index >= 15 is 0 Å². The Morgan fingerprint density at radius 3 is 2.13 bits per heavy atom. The van der Waals surface area contributed by atoms with Crippen LogP contribution in [0.2, 0.25) is 0 Å². The fraction of sp³-hybridized carbons (Fsp3) is 0.240. The number of amides is 1. The number of sulfonamides is 1. The molecule has 5 nitrogen and oxygen atoms in total. The Labute approximate surface area is 183 Å². The lowest BCUT2D eigenvalue weighted by molar-refractivity contribution is -0.116. The molecule has 1 aliphatic heterocycles. The largest absolute Gasteiger partial charge is 0.326 e. The number of hydrogen-bond acceptors (Lipinski definition) is 3. The van der Waals surface area contributed by atoms with Gasteiger partial charge in [-0.1, -0.05) is 72.8 Å². The molecule has 3 aromatic carbocycles.